The summed E-state index contributed by atoms with van der Waals surface area (Å²) in [6.45, 7) is 9.08. The van der Waals surface area contributed by atoms with E-state index in [0.29, 0.717) is 5.56 Å². The van der Waals surface area contributed by atoms with Gasteiger partial charge in [-0.25, -0.2) is 9.59 Å². The molecule has 0 unspecified atom stereocenters. The highest BCUT2D eigenvalue weighted by atomic mass is 16.5. The monoisotopic (exact) mass is 431 g/mol. The van der Waals surface area contributed by atoms with Crippen LogP contribution in [0.15, 0.2) is 24.3 Å². The molecule has 0 bridgehead atoms. The van der Waals surface area contributed by atoms with Gasteiger partial charge in [-0.15, -0.1) is 0 Å². The molecule has 0 radical (unpaired) electrons. The zero-order valence-electron chi connectivity index (χ0n) is 18.9. The first kappa shape index (κ1) is 24.4. The van der Waals surface area contributed by atoms with Crippen molar-refractivity contribution < 1.29 is 23.9 Å². The number of ether oxygens (including phenoxy) is 1. The lowest BCUT2D eigenvalue weighted by Crippen LogP contribution is -2.48. The molecule has 1 aliphatic carbocycles. The average molecular weight is 432 g/mol. The van der Waals surface area contributed by atoms with Crippen LogP contribution in [0.4, 0.5) is 4.79 Å². The lowest BCUT2D eigenvalue weighted by molar-refractivity contribution is -0.155. The number of carbonyl (C=O) groups is 4. The Morgan fingerprint density at radius 3 is 2.13 bits per heavy atom. The van der Waals surface area contributed by atoms with Crippen LogP contribution < -0.4 is 16.0 Å². The SMILES string of the molecule is C[C@H](NC(=O)c1ccc(C(C)(C)C)cc1)C(=O)O[C@@H](C)C(=O)NC(=O)NC1CCCC1. The third kappa shape index (κ3) is 7.38. The molecule has 0 heterocycles. The van der Waals surface area contributed by atoms with Gasteiger partial charge in [0.1, 0.15) is 6.04 Å². The lowest BCUT2D eigenvalue weighted by atomic mass is 9.86. The molecule has 1 aromatic carbocycles. The van der Waals surface area contributed by atoms with Gasteiger partial charge in [-0.3, -0.25) is 14.9 Å². The van der Waals surface area contributed by atoms with Crippen molar-refractivity contribution in [2.75, 3.05) is 0 Å². The molecule has 1 aromatic rings. The van der Waals surface area contributed by atoms with E-state index in [0.717, 1.165) is 31.2 Å². The number of hydrogen-bond donors (Lipinski definition) is 3. The van der Waals surface area contributed by atoms with Crippen molar-refractivity contribution in [2.24, 2.45) is 0 Å². The number of imide groups is 1. The number of amides is 4. The summed E-state index contributed by atoms with van der Waals surface area (Å²) in [5.74, 6) is -1.91. The van der Waals surface area contributed by atoms with Crippen LogP contribution in [0.2, 0.25) is 0 Å². The number of rotatable bonds is 6. The van der Waals surface area contributed by atoms with Crippen LogP contribution in [-0.4, -0.2) is 42.0 Å². The molecular formula is C23H33N3O5. The second kappa shape index (κ2) is 10.4. The normalized spacial score (nSPS) is 16.2. The van der Waals surface area contributed by atoms with Crippen molar-refractivity contribution in [3.8, 4) is 0 Å². The van der Waals surface area contributed by atoms with E-state index in [4.69, 9.17) is 4.74 Å². The van der Waals surface area contributed by atoms with Crippen molar-refractivity contribution in [3.63, 3.8) is 0 Å². The molecule has 31 heavy (non-hydrogen) atoms. The predicted molar refractivity (Wildman–Crippen MR) is 117 cm³/mol. The molecule has 0 saturated heterocycles. The van der Waals surface area contributed by atoms with Gasteiger partial charge in [-0.1, -0.05) is 45.7 Å². The van der Waals surface area contributed by atoms with Gasteiger partial charge in [0.2, 0.25) is 0 Å². The summed E-state index contributed by atoms with van der Waals surface area (Å²) in [6, 6.07) is 5.66. The maximum atomic E-state index is 12.4. The summed E-state index contributed by atoms with van der Waals surface area (Å²) in [4.78, 5) is 48.6. The third-order valence-corrected chi connectivity index (χ3v) is 5.30. The summed E-state index contributed by atoms with van der Waals surface area (Å²) >= 11 is 0. The Bertz CT molecular complexity index is 807. The molecule has 8 nitrogen and oxygen atoms in total. The summed E-state index contributed by atoms with van der Waals surface area (Å²) in [5, 5.41) is 7.47. The molecule has 4 amide bonds. The van der Waals surface area contributed by atoms with Crippen molar-refractivity contribution in [1.29, 1.82) is 0 Å². The van der Waals surface area contributed by atoms with Gasteiger partial charge < -0.3 is 15.4 Å². The Hall–Kier alpha value is -2.90. The van der Waals surface area contributed by atoms with Gasteiger partial charge in [0.15, 0.2) is 6.10 Å². The highest BCUT2D eigenvalue weighted by Gasteiger charge is 2.26. The summed E-state index contributed by atoms with van der Waals surface area (Å²) in [7, 11) is 0. The van der Waals surface area contributed by atoms with E-state index in [9.17, 15) is 19.2 Å². The van der Waals surface area contributed by atoms with Gasteiger partial charge in [-0.2, -0.15) is 0 Å². The van der Waals surface area contributed by atoms with E-state index in [-0.39, 0.29) is 11.5 Å². The van der Waals surface area contributed by atoms with Crippen LogP contribution in [0.5, 0.6) is 0 Å². The zero-order valence-corrected chi connectivity index (χ0v) is 18.9. The van der Waals surface area contributed by atoms with Crippen LogP contribution >= 0.6 is 0 Å². The average Bonchev–Trinajstić information content (AvgIpc) is 3.19. The van der Waals surface area contributed by atoms with Crippen LogP contribution in [0, 0.1) is 0 Å². The molecule has 2 atom stereocenters. The highest BCUT2D eigenvalue weighted by molar-refractivity contribution is 5.98. The summed E-state index contributed by atoms with van der Waals surface area (Å²) in [6.07, 6.45) is 2.71. The fourth-order valence-corrected chi connectivity index (χ4v) is 3.30. The second-order valence-electron chi connectivity index (χ2n) is 9.05. The Morgan fingerprint density at radius 2 is 1.58 bits per heavy atom. The minimum absolute atomic E-state index is 0.0309. The van der Waals surface area contributed by atoms with E-state index in [1.165, 1.54) is 13.8 Å². The van der Waals surface area contributed by atoms with Gasteiger partial charge in [-0.05, 0) is 49.8 Å². The molecular weight excluding hydrogens is 398 g/mol. The summed E-state index contributed by atoms with van der Waals surface area (Å²) < 4.78 is 5.10. The van der Waals surface area contributed by atoms with Gasteiger partial charge >= 0.3 is 12.0 Å². The number of carbonyl (C=O) groups excluding carboxylic acids is 4. The van der Waals surface area contributed by atoms with Crippen LogP contribution in [0.25, 0.3) is 0 Å². The first-order chi connectivity index (χ1) is 14.5. The Kier molecular flexibility index (Phi) is 8.19. The van der Waals surface area contributed by atoms with Gasteiger partial charge in [0.05, 0.1) is 0 Å². The van der Waals surface area contributed by atoms with Crippen molar-refractivity contribution >= 4 is 23.8 Å². The zero-order chi connectivity index (χ0) is 23.2. The molecule has 0 aromatic heterocycles. The third-order valence-electron chi connectivity index (χ3n) is 5.30. The maximum absolute atomic E-state index is 12.4. The number of esters is 1. The molecule has 2 rings (SSSR count). The van der Waals surface area contributed by atoms with Crippen molar-refractivity contribution in [3.05, 3.63) is 35.4 Å². The van der Waals surface area contributed by atoms with Gasteiger partial charge in [0, 0.05) is 11.6 Å². The minimum Gasteiger partial charge on any atom is -0.451 e. The number of benzene rings is 1. The number of nitrogens with one attached hydrogen (secondary N) is 3. The fraction of sp³-hybridized carbons (Fsp3) is 0.565. The highest BCUT2D eigenvalue weighted by Crippen LogP contribution is 2.22. The smallest absolute Gasteiger partial charge is 0.329 e. The van der Waals surface area contributed by atoms with Gasteiger partial charge in [0.25, 0.3) is 11.8 Å². The predicted octanol–water partition coefficient (Wildman–Crippen LogP) is 2.80. The number of hydrogen-bond acceptors (Lipinski definition) is 5. The molecule has 1 aliphatic rings. The Balaban J connectivity index is 1.81. The molecule has 170 valence electrons. The van der Waals surface area contributed by atoms with Crippen molar-refractivity contribution in [2.45, 2.75) is 83.9 Å². The molecule has 1 fully saturated rings. The molecule has 1 saturated carbocycles. The quantitative estimate of drug-likeness (QED) is 0.600. The number of urea groups is 1. The van der Waals surface area contributed by atoms with E-state index >= 15 is 0 Å². The molecule has 3 N–H and O–H groups in total. The standard InChI is InChI=1S/C23H33N3O5/c1-14(24-20(28)16-10-12-17(13-11-16)23(3,4)5)21(29)31-15(2)19(27)26-22(30)25-18-8-6-7-9-18/h10-15,18H,6-9H2,1-5H3,(H,24,28)(H2,25,26,27,30)/t14-,15-/m0/s1. The minimum atomic E-state index is -1.17. The first-order valence-corrected chi connectivity index (χ1v) is 10.7. The Morgan fingerprint density at radius 1 is 1.00 bits per heavy atom. The van der Waals surface area contributed by atoms with Crippen molar-refractivity contribution in [1.82, 2.24) is 16.0 Å². The summed E-state index contributed by atoms with van der Waals surface area (Å²) in [5.41, 5.74) is 1.48. The molecule has 8 heteroatoms. The molecule has 0 aliphatic heterocycles. The van der Waals surface area contributed by atoms with Crippen LogP contribution in [0.1, 0.15) is 76.2 Å². The lowest BCUT2D eigenvalue weighted by Gasteiger charge is -2.20. The fourth-order valence-electron chi connectivity index (χ4n) is 3.30. The maximum Gasteiger partial charge on any atom is 0.329 e. The van der Waals surface area contributed by atoms with E-state index in [1.54, 1.807) is 12.1 Å². The van der Waals surface area contributed by atoms with E-state index in [1.807, 2.05) is 12.1 Å². The Labute approximate surface area is 183 Å². The van der Waals surface area contributed by atoms with Crippen LogP contribution in [-0.2, 0) is 19.7 Å². The second-order valence-corrected chi connectivity index (χ2v) is 9.05. The molecule has 0 spiro atoms. The van der Waals surface area contributed by atoms with Crippen LogP contribution in [0.3, 0.4) is 0 Å². The topological polar surface area (TPSA) is 114 Å². The van der Waals surface area contributed by atoms with E-state index in [2.05, 4.69) is 36.7 Å². The largest absolute Gasteiger partial charge is 0.451 e. The first-order valence-electron chi connectivity index (χ1n) is 10.7. The van der Waals surface area contributed by atoms with E-state index < -0.39 is 36.0 Å².